The van der Waals surface area contributed by atoms with E-state index >= 15 is 0 Å². The van der Waals surface area contributed by atoms with Crippen LogP contribution >= 0.6 is 0 Å². The second kappa shape index (κ2) is 8.15. The Morgan fingerprint density at radius 2 is 1.83 bits per heavy atom. The van der Waals surface area contributed by atoms with Gasteiger partial charge < -0.3 is 10.5 Å². The lowest BCUT2D eigenvalue weighted by molar-refractivity contribution is 0.0469. The number of nitrogens with zero attached hydrogens (tertiary/aromatic N) is 3. The van der Waals surface area contributed by atoms with Crippen molar-refractivity contribution in [3.63, 3.8) is 0 Å². The molecule has 11 heteroatoms. The Labute approximate surface area is 168 Å². The Kier molecular flexibility index (Phi) is 5.63. The van der Waals surface area contributed by atoms with E-state index in [2.05, 4.69) is 10.2 Å². The number of aromatic nitrogens is 4. The number of ketones is 1. The van der Waals surface area contributed by atoms with Gasteiger partial charge in [-0.25, -0.2) is 14.7 Å². The van der Waals surface area contributed by atoms with Crippen molar-refractivity contribution in [2.24, 2.45) is 7.05 Å². The highest BCUT2D eigenvalue weighted by atomic mass is 16.5. The molecule has 2 heterocycles. The molecule has 0 aliphatic heterocycles. The topological polar surface area (TPSA) is 159 Å². The van der Waals surface area contributed by atoms with Gasteiger partial charge in [0.1, 0.15) is 11.4 Å². The van der Waals surface area contributed by atoms with Crippen molar-refractivity contribution in [2.75, 3.05) is 12.3 Å². The average Bonchev–Trinajstić information content (AvgIpc) is 2.74. The molecule has 0 unspecified atom stereocenters. The number of benzene rings is 1. The van der Waals surface area contributed by atoms with Crippen LogP contribution in [0.3, 0.4) is 0 Å². The standard InChI is InChI=1S/C19H19N5O6/c1-3-8-24-15(20)13(17(27)23(2)19(24)29)12(25)9-30-18(28)14-10-6-4-5-7-11(10)16(26)22-21-14/h4-7H,3,8-9,20H2,1-2H3,(H,22,26). The summed E-state index contributed by atoms with van der Waals surface area (Å²) in [5.74, 6) is -2.10. The number of ether oxygens (including phenoxy) is 1. The first-order chi connectivity index (χ1) is 14.3. The number of carbonyl (C=O) groups is 2. The summed E-state index contributed by atoms with van der Waals surface area (Å²) in [7, 11) is 1.23. The molecule has 0 bridgehead atoms. The van der Waals surface area contributed by atoms with Crippen LogP contribution in [0, 0.1) is 0 Å². The molecule has 0 atom stereocenters. The number of nitrogens with one attached hydrogen (secondary N) is 1. The molecule has 0 aliphatic rings. The van der Waals surface area contributed by atoms with Crippen molar-refractivity contribution >= 4 is 28.3 Å². The molecule has 0 fully saturated rings. The van der Waals surface area contributed by atoms with Gasteiger partial charge in [0.25, 0.3) is 11.1 Å². The van der Waals surface area contributed by atoms with Crippen molar-refractivity contribution in [3.05, 3.63) is 66.7 Å². The van der Waals surface area contributed by atoms with E-state index in [-0.39, 0.29) is 28.8 Å². The molecule has 1 aromatic carbocycles. The summed E-state index contributed by atoms with van der Waals surface area (Å²) < 4.78 is 6.90. The lowest BCUT2D eigenvalue weighted by Gasteiger charge is -2.13. The van der Waals surface area contributed by atoms with Gasteiger partial charge in [-0.2, -0.15) is 5.10 Å². The summed E-state index contributed by atoms with van der Waals surface area (Å²) in [4.78, 5) is 61.4. The molecule has 2 aromatic heterocycles. The number of rotatable bonds is 6. The van der Waals surface area contributed by atoms with Gasteiger partial charge in [0, 0.05) is 19.0 Å². The first-order valence-electron chi connectivity index (χ1n) is 9.05. The minimum atomic E-state index is -0.965. The fraction of sp³-hybridized carbons (Fsp3) is 0.263. The van der Waals surface area contributed by atoms with E-state index in [0.717, 1.165) is 9.13 Å². The van der Waals surface area contributed by atoms with E-state index in [0.29, 0.717) is 6.42 Å². The van der Waals surface area contributed by atoms with E-state index in [1.165, 1.54) is 19.2 Å². The first kappa shape index (κ1) is 20.7. The van der Waals surface area contributed by atoms with Crippen molar-refractivity contribution in [1.82, 2.24) is 19.3 Å². The fourth-order valence-corrected chi connectivity index (χ4v) is 3.03. The van der Waals surface area contributed by atoms with E-state index < -0.39 is 40.7 Å². The van der Waals surface area contributed by atoms with Gasteiger partial charge >= 0.3 is 11.7 Å². The van der Waals surface area contributed by atoms with Crippen molar-refractivity contribution in [2.45, 2.75) is 19.9 Å². The van der Waals surface area contributed by atoms with Gasteiger partial charge in [-0.15, -0.1) is 0 Å². The third kappa shape index (κ3) is 3.52. The monoisotopic (exact) mass is 413 g/mol. The number of anilines is 1. The average molecular weight is 413 g/mol. The highest BCUT2D eigenvalue weighted by molar-refractivity contribution is 6.05. The van der Waals surface area contributed by atoms with Crippen molar-refractivity contribution in [3.8, 4) is 0 Å². The molecule has 0 aliphatic carbocycles. The smallest absolute Gasteiger partial charge is 0.359 e. The molecule has 30 heavy (non-hydrogen) atoms. The molecular weight excluding hydrogens is 394 g/mol. The Morgan fingerprint density at radius 3 is 2.50 bits per heavy atom. The zero-order chi connectivity index (χ0) is 22.0. The summed E-state index contributed by atoms with van der Waals surface area (Å²) >= 11 is 0. The third-order valence-corrected chi connectivity index (χ3v) is 4.53. The van der Waals surface area contributed by atoms with Gasteiger partial charge in [-0.3, -0.25) is 23.5 Å². The largest absolute Gasteiger partial charge is 0.452 e. The summed E-state index contributed by atoms with van der Waals surface area (Å²) in [6, 6.07) is 6.27. The molecule has 3 aromatic rings. The van der Waals surface area contributed by atoms with Crippen molar-refractivity contribution in [1.29, 1.82) is 0 Å². The molecule has 0 radical (unpaired) electrons. The highest BCUT2D eigenvalue weighted by Crippen LogP contribution is 2.14. The van der Waals surface area contributed by atoms with Gasteiger partial charge in [-0.05, 0) is 12.5 Å². The number of hydrogen-bond acceptors (Lipinski definition) is 8. The summed E-state index contributed by atoms with van der Waals surface area (Å²) in [6.07, 6.45) is 0.551. The van der Waals surface area contributed by atoms with Crippen LogP contribution in [-0.2, 0) is 18.3 Å². The Balaban J connectivity index is 1.91. The third-order valence-electron chi connectivity index (χ3n) is 4.53. The van der Waals surface area contributed by atoms with Crippen LogP contribution in [0.2, 0.25) is 0 Å². The van der Waals surface area contributed by atoms with Crippen LogP contribution in [0.1, 0.15) is 34.2 Å². The number of nitrogens with two attached hydrogens (primary N) is 1. The van der Waals surface area contributed by atoms with Crippen LogP contribution < -0.4 is 22.5 Å². The Morgan fingerprint density at radius 1 is 1.17 bits per heavy atom. The van der Waals surface area contributed by atoms with E-state index in [4.69, 9.17) is 10.5 Å². The number of aromatic amines is 1. The van der Waals surface area contributed by atoms with Crippen LogP contribution in [0.5, 0.6) is 0 Å². The quantitative estimate of drug-likeness (QED) is 0.416. The molecule has 3 N–H and O–H groups in total. The number of H-pyrrole nitrogens is 1. The lowest BCUT2D eigenvalue weighted by Crippen LogP contribution is -2.43. The Bertz CT molecular complexity index is 1330. The second-order valence-electron chi connectivity index (χ2n) is 6.50. The Hall–Kier alpha value is -4.02. The molecule has 156 valence electrons. The van der Waals surface area contributed by atoms with Gasteiger partial charge in [0.2, 0.25) is 5.78 Å². The molecule has 11 nitrogen and oxygen atoms in total. The molecule has 0 saturated heterocycles. The van der Waals surface area contributed by atoms with E-state index in [1.807, 2.05) is 6.92 Å². The normalized spacial score (nSPS) is 10.9. The maximum absolute atomic E-state index is 12.6. The molecule has 0 amide bonds. The number of nitrogen functional groups attached to an aromatic ring is 1. The number of fused-ring (bicyclic) bond motifs is 1. The maximum Gasteiger partial charge on any atom is 0.359 e. The van der Waals surface area contributed by atoms with Crippen molar-refractivity contribution < 1.29 is 14.3 Å². The van der Waals surface area contributed by atoms with Crippen LogP contribution in [0.25, 0.3) is 10.8 Å². The van der Waals surface area contributed by atoms with E-state index in [1.54, 1.807) is 12.1 Å². The minimum Gasteiger partial charge on any atom is -0.452 e. The second-order valence-corrected chi connectivity index (χ2v) is 6.50. The number of hydrogen-bond donors (Lipinski definition) is 2. The summed E-state index contributed by atoms with van der Waals surface area (Å²) in [5.41, 5.74) is 3.27. The van der Waals surface area contributed by atoms with Gasteiger partial charge in [0.15, 0.2) is 12.3 Å². The summed E-state index contributed by atoms with van der Waals surface area (Å²) in [5, 5.41) is 6.38. The molecule has 0 spiro atoms. The van der Waals surface area contributed by atoms with Crippen LogP contribution in [0.15, 0.2) is 38.6 Å². The van der Waals surface area contributed by atoms with Crippen LogP contribution in [0.4, 0.5) is 5.82 Å². The number of carbonyl (C=O) groups excluding carboxylic acids is 2. The SMILES string of the molecule is CCCn1c(N)c(C(=O)COC(=O)c2n[nH]c(=O)c3ccccc23)c(=O)n(C)c1=O. The predicted octanol–water partition coefficient (Wildman–Crippen LogP) is -0.185. The summed E-state index contributed by atoms with van der Waals surface area (Å²) in [6.45, 7) is 1.23. The highest BCUT2D eigenvalue weighted by Gasteiger charge is 2.23. The lowest BCUT2D eigenvalue weighted by atomic mass is 10.1. The van der Waals surface area contributed by atoms with E-state index in [9.17, 15) is 24.0 Å². The minimum absolute atomic E-state index is 0.185. The fourth-order valence-electron chi connectivity index (χ4n) is 3.03. The molecular formula is C19H19N5O6. The number of esters is 1. The van der Waals surface area contributed by atoms with Gasteiger partial charge in [0.05, 0.1) is 5.39 Å². The number of Topliss-reactive ketones (excluding diaryl/α,β-unsaturated/α-hetero) is 1. The van der Waals surface area contributed by atoms with Crippen LogP contribution in [-0.4, -0.2) is 37.7 Å². The predicted molar refractivity (Wildman–Crippen MR) is 108 cm³/mol. The van der Waals surface area contributed by atoms with Gasteiger partial charge in [-0.1, -0.05) is 25.1 Å². The molecule has 3 rings (SSSR count). The first-order valence-corrected chi connectivity index (χ1v) is 9.05. The zero-order valence-electron chi connectivity index (χ0n) is 16.3. The molecule has 0 saturated carbocycles. The zero-order valence-corrected chi connectivity index (χ0v) is 16.3. The maximum atomic E-state index is 12.6.